The zero-order valence-electron chi connectivity index (χ0n) is 9.47. The summed E-state index contributed by atoms with van der Waals surface area (Å²) in [6.45, 7) is 11.9. The Morgan fingerprint density at radius 3 is 1.31 bits per heavy atom. The van der Waals surface area contributed by atoms with Gasteiger partial charge < -0.3 is 25.2 Å². The summed E-state index contributed by atoms with van der Waals surface area (Å²) < 4.78 is 4.63. The third-order valence-electron chi connectivity index (χ3n) is 0.607. The largest absolute Gasteiger partial charge is 0.480 e. The second kappa shape index (κ2) is 37.2. The molecule has 4 N–H and O–H groups in total. The normalized spacial score (nSPS) is 6.94. The fourth-order valence-corrected chi connectivity index (χ4v) is 0.231. The molecule has 0 saturated heterocycles. The summed E-state index contributed by atoms with van der Waals surface area (Å²) in [5, 5.41) is 31.2. The van der Waals surface area contributed by atoms with Gasteiger partial charge in [0.05, 0.1) is 26.4 Å². The molecule has 0 unspecified atom stereocenters. The molecule has 6 nitrogen and oxygen atoms in total. The van der Waals surface area contributed by atoms with E-state index in [4.69, 9.17) is 25.2 Å². The molecule has 6 heteroatoms. The van der Waals surface area contributed by atoms with E-state index in [0.29, 0.717) is 13.2 Å². The summed E-state index contributed by atoms with van der Waals surface area (Å²) in [5.74, 6) is -1.19. The van der Waals surface area contributed by atoms with Gasteiger partial charge in [-0.05, 0) is 0 Å². The highest BCUT2D eigenvalue weighted by atomic mass is 16.5. The molecule has 98 valence electrons. The maximum absolute atomic E-state index is 9.12. The Bertz CT molecular complexity index is 112. The maximum atomic E-state index is 9.12. The molecular weight excluding hydrogens is 216 g/mol. The molecule has 0 amide bonds. The Balaban J connectivity index is -0.0000000704. The lowest BCUT2D eigenvalue weighted by molar-refractivity contribution is -0.140. The highest BCUT2D eigenvalue weighted by molar-refractivity contribution is 5.67. The van der Waals surface area contributed by atoms with Gasteiger partial charge in [-0.15, -0.1) is 26.3 Å². The number of rotatable bonds is 5. The second-order valence-corrected chi connectivity index (χ2v) is 1.61. The van der Waals surface area contributed by atoms with Gasteiger partial charge in [0.1, 0.15) is 6.61 Å². The van der Waals surface area contributed by atoms with Crippen LogP contribution >= 0.6 is 0 Å². The molecule has 0 aliphatic heterocycles. The number of carboxylic acids is 1. The van der Waals surface area contributed by atoms with Gasteiger partial charge in [-0.25, -0.2) is 4.79 Å². The molecule has 0 rings (SSSR count). The first kappa shape index (κ1) is 24.2. The molecule has 0 atom stereocenters. The topological polar surface area (TPSA) is 107 Å². The molecule has 0 aliphatic rings. The molecule has 0 saturated carbocycles. The van der Waals surface area contributed by atoms with Gasteiger partial charge >= 0.3 is 5.97 Å². The molecular formula is C10H22O6. The number of aliphatic carboxylic acids is 1. The lowest BCUT2D eigenvalue weighted by Gasteiger charge is -1.94. The van der Waals surface area contributed by atoms with Gasteiger partial charge in [-0.3, -0.25) is 0 Å². The van der Waals surface area contributed by atoms with E-state index in [9.17, 15) is 0 Å². The molecule has 0 fully saturated rings. The smallest absolute Gasteiger partial charge is 0.329 e. The first-order valence-electron chi connectivity index (χ1n) is 4.31. The van der Waals surface area contributed by atoms with E-state index < -0.39 is 12.6 Å². The number of ether oxygens (including phenoxy) is 1. The molecule has 0 spiro atoms. The van der Waals surface area contributed by atoms with Crippen LogP contribution in [0, 0.1) is 0 Å². The van der Waals surface area contributed by atoms with E-state index in [2.05, 4.69) is 31.1 Å². The average molecular weight is 238 g/mol. The van der Waals surface area contributed by atoms with Gasteiger partial charge in [0, 0.05) is 0 Å². The zero-order chi connectivity index (χ0) is 13.8. The molecule has 0 bridgehead atoms. The van der Waals surface area contributed by atoms with Crippen molar-refractivity contribution < 1.29 is 30.0 Å². The number of aliphatic hydroxyl groups is 3. The van der Waals surface area contributed by atoms with Crippen LogP contribution in [0.5, 0.6) is 0 Å². The summed E-state index contributed by atoms with van der Waals surface area (Å²) in [6.07, 6.45) is 0. The van der Waals surface area contributed by atoms with Gasteiger partial charge in [0.25, 0.3) is 0 Å². The van der Waals surface area contributed by atoms with Crippen molar-refractivity contribution in [2.75, 3.05) is 33.0 Å². The van der Waals surface area contributed by atoms with Gasteiger partial charge in [0.2, 0.25) is 0 Å². The van der Waals surface area contributed by atoms with E-state index in [1.54, 1.807) is 0 Å². The molecule has 0 aromatic rings. The maximum Gasteiger partial charge on any atom is 0.329 e. The lowest BCUT2D eigenvalue weighted by Crippen LogP contribution is -2.03. The molecule has 0 aliphatic carbocycles. The monoisotopic (exact) mass is 238 g/mol. The Hall–Kier alpha value is -1.21. The summed E-state index contributed by atoms with van der Waals surface area (Å²) in [7, 11) is 0. The Morgan fingerprint density at radius 2 is 1.19 bits per heavy atom. The van der Waals surface area contributed by atoms with Crippen LogP contribution in [0.4, 0.5) is 0 Å². The number of hydrogen-bond acceptors (Lipinski definition) is 5. The van der Waals surface area contributed by atoms with Crippen LogP contribution in [0.15, 0.2) is 26.3 Å². The number of carboxylic acid groups (broad SMARTS) is 1. The van der Waals surface area contributed by atoms with Crippen LogP contribution in [0.1, 0.15) is 0 Å². The Labute approximate surface area is 96.1 Å². The molecule has 0 radical (unpaired) electrons. The van der Waals surface area contributed by atoms with Crippen LogP contribution in [0.25, 0.3) is 0 Å². The minimum absolute atomic E-state index is 0.0278. The standard InChI is InChI=1S/C4H10O3.C2H4O3.2C2H4/c5-1-3-7-4-2-6;3-1-2(4)5;2*1-2/h5-6H,1-4H2;3H,1H2,(H,4,5);2*1-2H2. The van der Waals surface area contributed by atoms with E-state index in [1.807, 2.05) is 0 Å². The average Bonchev–Trinajstić information content (AvgIpc) is 2.35. The summed E-state index contributed by atoms with van der Waals surface area (Å²) in [4.78, 5) is 9.12. The Kier molecular flexibility index (Phi) is 56.1. The zero-order valence-corrected chi connectivity index (χ0v) is 9.47. The Morgan fingerprint density at radius 1 is 0.938 bits per heavy atom. The van der Waals surface area contributed by atoms with Crippen molar-refractivity contribution in [3.8, 4) is 0 Å². The predicted octanol–water partition coefficient (Wildman–Crippen LogP) is -0.345. The lowest BCUT2D eigenvalue weighted by atomic mass is 10.7. The van der Waals surface area contributed by atoms with Crippen molar-refractivity contribution in [1.82, 2.24) is 0 Å². The van der Waals surface area contributed by atoms with Crippen molar-refractivity contribution in [1.29, 1.82) is 0 Å². The number of carbonyl (C=O) groups is 1. The SMILES string of the molecule is C=C.C=C.O=C(O)CO.OCCOCCO. The van der Waals surface area contributed by atoms with Crippen LogP contribution in [-0.2, 0) is 9.53 Å². The number of aliphatic hydroxyl groups excluding tert-OH is 3. The molecule has 0 aromatic heterocycles. The fourth-order valence-electron chi connectivity index (χ4n) is 0.231. The predicted molar refractivity (Wildman–Crippen MR) is 62.2 cm³/mol. The summed E-state index contributed by atoms with van der Waals surface area (Å²) in [5.41, 5.74) is 0. The third-order valence-corrected chi connectivity index (χ3v) is 0.607. The van der Waals surface area contributed by atoms with Gasteiger partial charge in [0.15, 0.2) is 0 Å². The van der Waals surface area contributed by atoms with E-state index in [-0.39, 0.29) is 13.2 Å². The van der Waals surface area contributed by atoms with Gasteiger partial charge in [-0.2, -0.15) is 0 Å². The van der Waals surface area contributed by atoms with Crippen LogP contribution in [-0.4, -0.2) is 59.4 Å². The summed E-state index contributed by atoms with van der Waals surface area (Å²) >= 11 is 0. The van der Waals surface area contributed by atoms with Crippen LogP contribution in [0.3, 0.4) is 0 Å². The van der Waals surface area contributed by atoms with Crippen LogP contribution < -0.4 is 0 Å². The molecule has 0 aromatic carbocycles. The van der Waals surface area contributed by atoms with E-state index in [1.165, 1.54) is 0 Å². The third kappa shape index (κ3) is 77.5. The first-order valence-corrected chi connectivity index (χ1v) is 4.31. The quantitative estimate of drug-likeness (QED) is 0.385. The van der Waals surface area contributed by atoms with Crippen LogP contribution in [0.2, 0.25) is 0 Å². The molecule has 0 heterocycles. The fraction of sp³-hybridized carbons (Fsp3) is 0.500. The van der Waals surface area contributed by atoms with E-state index >= 15 is 0 Å². The highest BCUT2D eigenvalue weighted by Gasteiger charge is 1.82. The highest BCUT2D eigenvalue weighted by Crippen LogP contribution is 1.68. The van der Waals surface area contributed by atoms with E-state index in [0.717, 1.165) is 0 Å². The van der Waals surface area contributed by atoms with Crippen molar-refractivity contribution in [2.45, 2.75) is 0 Å². The van der Waals surface area contributed by atoms with Gasteiger partial charge in [-0.1, -0.05) is 0 Å². The first-order chi connectivity index (χ1) is 7.68. The number of hydrogen-bond donors (Lipinski definition) is 4. The minimum Gasteiger partial charge on any atom is -0.480 e. The van der Waals surface area contributed by atoms with Crippen molar-refractivity contribution in [3.63, 3.8) is 0 Å². The molecule has 16 heavy (non-hydrogen) atoms. The van der Waals surface area contributed by atoms with Crippen molar-refractivity contribution >= 4 is 5.97 Å². The summed E-state index contributed by atoms with van der Waals surface area (Å²) in [6, 6.07) is 0. The minimum atomic E-state index is -1.19. The van der Waals surface area contributed by atoms with Crippen molar-refractivity contribution in [2.24, 2.45) is 0 Å². The van der Waals surface area contributed by atoms with Crippen molar-refractivity contribution in [3.05, 3.63) is 26.3 Å². The second-order valence-electron chi connectivity index (χ2n) is 1.61.